The molecule has 0 fully saturated rings. The van der Waals surface area contributed by atoms with E-state index in [1.807, 2.05) is 0 Å². The van der Waals surface area contributed by atoms with Crippen molar-refractivity contribution in [2.75, 3.05) is 0 Å². The van der Waals surface area contributed by atoms with Crippen molar-refractivity contribution in [3.8, 4) is 0 Å². The summed E-state index contributed by atoms with van der Waals surface area (Å²) in [5, 5.41) is 2.30. The summed E-state index contributed by atoms with van der Waals surface area (Å²) in [5.41, 5.74) is 0. The van der Waals surface area contributed by atoms with Gasteiger partial charge in [0.15, 0.2) is 0 Å². The standard InChI is InChI=1S/C5H7NO.8C5H6O2/c1-3-5(7)6-4-2;8*1-3-5(6)7-4-2/h3-4H,1-2H2,(H,6,7);8*3-4H,1-2H2. The van der Waals surface area contributed by atoms with E-state index < -0.39 is 47.8 Å². The Balaban J connectivity index is -0.0000000744. The first-order chi connectivity index (χ1) is 29.8. The van der Waals surface area contributed by atoms with Crippen LogP contribution in [0.3, 0.4) is 0 Å². The maximum atomic E-state index is 10.1. The molecule has 0 unspecified atom stereocenters. The normalized spacial score (nSPS) is 6.86. The molecule has 0 atom stereocenters. The van der Waals surface area contributed by atoms with Gasteiger partial charge in [0.05, 0.1) is 50.1 Å². The summed E-state index contributed by atoms with van der Waals surface area (Å²) in [5.74, 6) is -4.04. The van der Waals surface area contributed by atoms with Gasteiger partial charge in [-0.1, -0.05) is 118 Å². The first-order valence-electron chi connectivity index (χ1n) is 15.8. The zero-order valence-corrected chi connectivity index (χ0v) is 35.1. The second-order valence-electron chi connectivity index (χ2n) is 7.38. The summed E-state index contributed by atoms with van der Waals surface area (Å²) in [7, 11) is 0. The molecule has 0 aliphatic heterocycles. The fourth-order valence-corrected chi connectivity index (χ4v) is 1.20. The Labute approximate surface area is 368 Å². The Hall–Kier alpha value is -9.45. The minimum atomic E-state index is -0.477. The van der Waals surface area contributed by atoms with E-state index in [2.05, 4.69) is 162 Å². The Kier molecular flexibility index (Phi) is 83.2. The molecule has 0 aromatic heterocycles. The highest BCUT2D eigenvalue weighted by Gasteiger charge is 1.88. The smallest absolute Gasteiger partial charge is 0.334 e. The second kappa shape index (κ2) is 70.4. The summed E-state index contributed by atoms with van der Waals surface area (Å²) in [6.45, 7) is 57.0. The Morgan fingerprint density at radius 3 is 0.397 bits per heavy atom. The lowest BCUT2D eigenvalue weighted by molar-refractivity contribution is -0.133. The van der Waals surface area contributed by atoms with Crippen molar-refractivity contribution in [2.45, 2.75) is 0 Å². The van der Waals surface area contributed by atoms with Crippen LogP contribution in [-0.4, -0.2) is 53.7 Å². The molecule has 0 heterocycles. The highest BCUT2D eigenvalue weighted by atomic mass is 16.5. The van der Waals surface area contributed by atoms with E-state index in [0.717, 1.165) is 98.7 Å². The molecule has 63 heavy (non-hydrogen) atoms. The van der Waals surface area contributed by atoms with E-state index in [9.17, 15) is 43.2 Å². The van der Waals surface area contributed by atoms with Gasteiger partial charge in [0.1, 0.15) is 0 Å². The number of amides is 1. The molecule has 0 bridgehead atoms. The maximum absolute atomic E-state index is 10.1. The van der Waals surface area contributed by atoms with Gasteiger partial charge in [-0.15, -0.1) is 0 Å². The summed E-state index contributed by atoms with van der Waals surface area (Å²) >= 11 is 0. The number of esters is 8. The van der Waals surface area contributed by atoms with Crippen LogP contribution in [0, 0.1) is 0 Å². The number of ether oxygens (including phenoxy) is 8. The third-order valence-corrected chi connectivity index (χ3v) is 3.36. The quantitative estimate of drug-likeness (QED) is 0.0614. The van der Waals surface area contributed by atoms with Gasteiger partial charge in [0.25, 0.3) is 0 Å². The zero-order valence-electron chi connectivity index (χ0n) is 35.1. The topological polar surface area (TPSA) is 239 Å². The SMILES string of the molecule is C=CNC(=O)C=C.C=COC(=O)C=C.C=COC(=O)C=C.C=COC(=O)C=C.C=COC(=O)C=C.C=COC(=O)C=C.C=COC(=O)C=C.C=COC(=O)C=C.C=COC(=O)C=C. The monoisotopic (exact) mass is 881 g/mol. The zero-order chi connectivity index (χ0) is 51.3. The number of carbonyl (C=O) groups excluding carboxylic acids is 9. The fourth-order valence-electron chi connectivity index (χ4n) is 1.20. The molecule has 1 amide bonds. The third kappa shape index (κ3) is 106. The molecule has 0 spiro atoms. The van der Waals surface area contributed by atoms with E-state index in [1.165, 1.54) is 12.3 Å². The number of hydrogen-bond acceptors (Lipinski definition) is 17. The molecule has 342 valence electrons. The van der Waals surface area contributed by atoms with Crippen molar-refractivity contribution in [3.05, 3.63) is 229 Å². The Bertz CT molecular complexity index is 1220. The van der Waals surface area contributed by atoms with Gasteiger partial charge in [0.2, 0.25) is 5.91 Å². The highest BCUT2D eigenvalue weighted by Crippen LogP contribution is 1.79. The van der Waals surface area contributed by atoms with E-state index in [1.54, 1.807) is 0 Å². The van der Waals surface area contributed by atoms with Crippen molar-refractivity contribution in [1.29, 1.82) is 0 Å². The van der Waals surface area contributed by atoms with Crippen LogP contribution in [0.5, 0.6) is 0 Å². The molecule has 0 aliphatic rings. The number of hydrogen-bond donors (Lipinski definition) is 1. The van der Waals surface area contributed by atoms with Crippen LogP contribution in [0.4, 0.5) is 0 Å². The summed E-state index contributed by atoms with van der Waals surface area (Å²) in [6.07, 6.45) is 19.5. The van der Waals surface area contributed by atoms with Gasteiger partial charge in [-0.2, -0.15) is 0 Å². The minimum Gasteiger partial charge on any atom is -0.432 e. The summed E-state index contributed by atoms with van der Waals surface area (Å²) < 4.78 is 33.6. The lowest BCUT2D eigenvalue weighted by Gasteiger charge is -1.85. The molecule has 0 radical (unpaired) electrons. The van der Waals surface area contributed by atoms with Gasteiger partial charge in [0, 0.05) is 48.6 Å². The molecule has 18 nitrogen and oxygen atoms in total. The Morgan fingerprint density at radius 1 is 0.238 bits per heavy atom. The highest BCUT2D eigenvalue weighted by molar-refractivity contribution is 5.87. The molecule has 0 saturated heterocycles. The molecule has 0 aromatic carbocycles. The van der Waals surface area contributed by atoms with Crippen LogP contribution in [0.15, 0.2) is 229 Å². The van der Waals surface area contributed by atoms with Crippen LogP contribution >= 0.6 is 0 Å². The number of carbonyl (C=O) groups is 9. The van der Waals surface area contributed by atoms with E-state index in [4.69, 9.17) is 0 Å². The molecular weight excluding hydrogens is 826 g/mol. The van der Waals surface area contributed by atoms with Crippen molar-refractivity contribution in [2.24, 2.45) is 0 Å². The molecular formula is C45H55NO17. The van der Waals surface area contributed by atoms with Crippen LogP contribution in [0.2, 0.25) is 0 Å². The van der Waals surface area contributed by atoms with Crippen LogP contribution in [0.25, 0.3) is 0 Å². The lowest BCUT2D eigenvalue weighted by atomic mass is 10.6. The third-order valence-electron chi connectivity index (χ3n) is 3.36. The average molecular weight is 882 g/mol. The Morgan fingerprint density at radius 2 is 0.365 bits per heavy atom. The average Bonchev–Trinajstić information content (AvgIpc) is 3.28. The first-order valence-corrected chi connectivity index (χ1v) is 15.8. The number of nitrogens with one attached hydrogen (secondary N) is 1. The number of rotatable bonds is 18. The van der Waals surface area contributed by atoms with Crippen LogP contribution in [0.1, 0.15) is 0 Å². The van der Waals surface area contributed by atoms with E-state index in [0.29, 0.717) is 0 Å². The van der Waals surface area contributed by atoms with E-state index >= 15 is 0 Å². The first kappa shape index (κ1) is 74.5. The van der Waals surface area contributed by atoms with Crippen molar-refractivity contribution in [3.63, 3.8) is 0 Å². The second-order valence-corrected chi connectivity index (χ2v) is 7.38. The van der Waals surface area contributed by atoms with Gasteiger partial charge >= 0.3 is 47.8 Å². The van der Waals surface area contributed by atoms with Crippen LogP contribution < -0.4 is 5.32 Å². The summed E-state index contributed by atoms with van der Waals surface area (Å²) in [6, 6.07) is 0. The molecule has 0 rings (SSSR count). The molecule has 0 aliphatic carbocycles. The van der Waals surface area contributed by atoms with E-state index in [-0.39, 0.29) is 5.91 Å². The molecule has 18 heteroatoms. The van der Waals surface area contributed by atoms with Crippen molar-refractivity contribution in [1.82, 2.24) is 5.32 Å². The van der Waals surface area contributed by atoms with Gasteiger partial charge in [-0.3, -0.25) is 4.79 Å². The maximum Gasteiger partial charge on any atom is 0.334 e. The molecule has 0 saturated carbocycles. The minimum absolute atomic E-state index is 0.227. The van der Waals surface area contributed by atoms with Crippen molar-refractivity contribution >= 4 is 53.7 Å². The van der Waals surface area contributed by atoms with Gasteiger partial charge in [-0.25, -0.2) is 38.4 Å². The lowest BCUT2D eigenvalue weighted by Crippen LogP contribution is -2.11. The fraction of sp³-hybridized carbons (Fsp3) is 0. The van der Waals surface area contributed by atoms with Crippen LogP contribution in [-0.2, 0) is 81.0 Å². The predicted molar refractivity (Wildman–Crippen MR) is 240 cm³/mol. The summed E-state index contributed by atoms with van der Waals surface area (Å²) in [4.78, 5) is 90.1. The largest absolute Gasteiger partial charge is 0.432 e. The van der Waals surface area contributed by atoms with Crippen molar-refractivity contribution < 1.29 is 81.0 Å². The van der Waals surface area contributed by atoms with Gasteiger partial charge in [-0.05, 0) is 12.3 Å². The van der Waals surface area contributed by atoms with Gasteiger partial charge < -0.3 is 43.2 Å². The molecule has 1 N–H and O–H groups in total. The molecule has 0 aromatic rings. The predicted octanol–water partition coefficient (Wildman–Crippen LogP) is 7.30.